The van der Waals surface area contributed by atoms with Crippen molar-refractivity contribution >= 4 is 21.6 Å². The highest BCUT2D eigenvalue weighted by molar-refractivity contribution is 9.10. The van der Waals surface area contributed by atoms with Crippen LogP contribution in [-0.4, -0.2) is 37.1 Å². The molecule has 2 aliphatic rings. The van der Waals surface area contributed by atoms with E-state index >= 15 is 0 Å². The summed E-state index contributed by atoms with van der Waals surface area (Å²) in [4.78, 5) is 5.30. The maximum absolute atomic E-state index is 3.66. The van der Waals surface area contributed by atoms with Gasteiger partial charge in [0.2, 0.25) is 0 Å². The highest BCUT2D eigenvalue weighted by Gasteiger charge is 2.27. The molecule has 1 aromatic carbocycles. The summed E-state index contributed by atoms with van der Waals surface area (Å²) in [6.45, 7) is 7.15. The van der Waals surface area contributed by atoms with Crippen molar-refractivity contribution in [2.24, 2.45) is 0 Å². The van der Waals surface area contributed by atoms with Gasteiger partial charge < -0.3 is 4.90 Å². The Hall–Kier alpha value is -0.540. The highest BCUT2D eigenvalue weighted by Crippen LogP contribution is 2.27. The minimum absolute atomic E-state index is 0.774. The second-order valence-electron chi connectivity index (χ2n) is 5.92. The highest BCUT2D eigenvalue weighted by atomic mass is 79.9. The van der Waals surface area contributed by atoms with Crippen LogP contribution in [0.4, 0.5) is 5.69 Å². The van der Waals surface area contributed by atoms with Gasteiger partial charge in [0.25, 0.3) is 0 Å². The minimum Gasteiger partial charge on any atom is -0.370 e. The van der Waals surface area contributed by atoms with Gasteiger partial charge in [-0.05, 0) is 50.4 Å². The van der Waals surface area contributed by atoms with Crippen molar-refractivity contribution in [3.63, 3.8) is 0 Å². The maximum atomic E-state index is 3.66. The van der Waals surface area contributed by atoms with Crippen LogP contribution in [-0.2, 0) is 0 Å². The Bertz CT molecular complexity index is 446. The fourth-order valence-corrected chi connectivity index (χ4v) is 3.75. The zero-order valence-corrected chi connectivity index (χ0v) is 13.3. The first kappa shape index (κ1) is 13.4. The summed E-state index contributed by atoms with van der Waals surface area (Å²) in [5.41, 5.74) is 2.70. The minimum atomic E-state index is 0.774. The van der Waals surface area contributed by atoms with Crippen molar-refractivity contribution in [2.45, 2.75) is 38.6 Å². The zero-order valence-electron chi connectivity index (χ0n) is 11.7. The smallest absolute Gasteiger partial charge is 0.0378 e. The van der Waals surface area contributed by atoms with E-state index in [4.69, 9.17) is 0 Å². The van der Waals surface area contributed by atoms with Crippen LogP contribution in [0.3, 0.4) is 0 Å². The van der Waals surface area contributed by atoms with Gasteiger partial charge in [0.05, 0.1) is 0 Å². The van der Waals surface area contributed by atoms with Crippen LogP contribution < -0.4 is 4.90 Å². The Labute approximate surface area is 124 Å². The van der Waals surface area contributed by atoms with Crippen LogP contribution in [0.15, 0.2) is 22.7 Å². The summed E-state index contributed by atoms with van der Waals surface area (Å²) in [6.07, 6.45) is 5.48. The second-order valence-corrected chi connectivity index (χ2v) is 6.77. The molecule has 0 aromatic heterocycles. The third-order valence-corrected chi connectivity index (χ3v) is 5.43. The molecule has 2 fully saturated rings. The number of anilines is 1. The molecule has 3 heteroatoms. The van der Waals surface area contributed by atoms with Crippen LogP contribution in [0.1, 0.15) is 31.2 Å². The predicted octanol–water partition coefficient (Wildman–Crippen LogP) is 3.82. The van der Waals surface area contributed by atoms with Crippen molar-refractivity contribution in [2.75, 3.05) is 31.1 Å². The van der Waals surface area contributed by atoms with Crippen molar-refractivity contribution in [3.05, 3.63) is 28.2 Å². The number of rotatable bonds is 1. The molecule has 2 aliphatic heterocycles. The molecule has 0 bridgehead atoms. The molecule has 2 nitrogen and oxygen atoms in total. The summed E-state index contributed by atoms with van der Waals surface area (Å²) >= 11 is 3.66. The first-order chi connectivity index (χ1) is 9.24. The molecule has 0 amide bonds. The first-order valence-electron chi connectivity index (χ1n) is 7.49. The molecule has 104 valence electrons. The lowest BCUT2D eigenvalue weighted by atomic mass is 10.0. The van der Waals surface area contributed by atoms with Crippen LogP contribution in [0.5, 0.6) is 0 Å². The second kappa shape index (κ2) is 5.84. The van der Waals surface area contributed by atoms with Crippen molar-refractivity contribution in [1.82, 2.24) is 4.90 Å². The first-order valence-corrected chi connectivity index (χ1v) is 8.28. The van der Waals surface area contributed by atoms with Gasteiger partial charge in [-0.2, -0.15) is 0 Å². The number of piperidine rings is 1. The zero-order chi connectivity index (χ0) is 13.2. The number of benzene rings is 1. The summed E-state index contributed by atoms with van der Waals surface area (Å²) in [6, 6.07) is 7.56. The summed E-state index contributed by atoms with van der Waals surface area (Å²) < 4.78 is 1.23. The fraction of sp³-hybridized carbons (Fsp3) is 0.625. The number of nitrogens with zero attached hydrogens (tertiary/aromatic N) is 2. The molecule has 2 saturated heterocycles. The number of hydrogen-bond donors (Lipinski definition) is 0. The lowest BCUT2D eigenvalue weighted by molar-refractivity contribution is 0.162. The van der Waals surface area contributed by atoms with Gasteiger partial charge in [0, 0.05) is 35.8 Å². The van der Waals surface area contributed by atoms with E-state index in [0.717, 1.165) is 6.04 Å². The normalized spacial score (nSPS) is 24.9. The van der Waals surface area contributed by atoms with Crippen LogP contribution in [0.25, 0.3) is 0 Å². The number of halogens is 1. The molecular formula is C16H23BrN2. The Balaban J connectivity index is 1.78. The molecule has 1 unspecified atom stereocenters. The van der Waals surface area contributed by atoms with Crippen LogP contribution >= 0.6 is 15.9 Å². The van der Waals surface area contributed by atoms with E-state index < -0.39 is 0 Å². The molecule has 1 atom stereocenters. The number of aryl methyl sites for hydroxylation is 1. The van der Waals surface area contributed by atoms with Gasteiger partial charge in [-0.3, -0.25) is 4.90 Å². The van der Waals surface area contributed by atoms with Crippen LogP contribution in [0, 0.1) is 6.92 Å². The van der Waals surface area contributed by atoms with Gasteiger partial charge in [-0.1, -0.05) is 28.4 Å². The fourth-order valence-electron chi connectivity index (χ4n) is 3.38. The average molecular weight is 323 g/mol. The quantitative estimate of drug-likeness (QED) is 0.775. The molecule has 2 heterocycles. The summed E-state index contributed by atoms with van der Waals surface area (Å²) in [7, 11) is 0. The van der Waals surface area contributed by atoms with E-state index in [-0.39, 0.29) is 0 Å². The lowest BCUT2D eigenvalue weighted by Gasteiger charge is -2.36. The Morgan fingerprint density at radius 3 is 2.79 bits per heavy atom. The van der Waals surface area contributed by atoms with E-state index in [1.807, 2.05) is 0 Å². The molecule has 3 rings (SSSR count). The van der Waals surface area contributed by atoms with Gasteiger partial charge in [0.15, 0.2) is 0 Å². The number of fused-ring (bicyclic) bond motifs is 1. The standard InChI is InChI=1S/C16H23BrN2/c1-13-6-7-14(11-16(13)17)19-10-4-9-18-8-3-2-5-15(18)12-19/h6-7,11,15H,2-5,8-10,12H2,1H3. The molecular weight excluding hydrogens is 300 g/mol. The van der Waals surface area contributed by atoms with E-state index in [0.29, 0.717) is 0 Å². The van der Waals surface area contributed by atoms with Gasteiger partial charge in [0.1, 0.15) is 0 Å². The summed E-state index contributed by atoms with van der Waals surface area (Å²) in [5, 5.41) is 0. The van der Waals surface area contributed by atoms with Gasteiger partial charge >= 0.3 is 0 Å². The van der Waals surface area contributed by atoms with Gasteiger partial charge in [-0.25, -0.2) is 0 Å². The maximum Gasteiger partial charge on any atom is 0.0378 e. The van der Waals surface area contributed by atoms with Crippen molar-refractivity contribution < 1.29 is 0 Å². The Morgan fingerprint density at radius 2 is 1.95 bits per heavy atom. The van der Waals surface area contributed by atoms with E-state index in [9.17, 15) is 0 Å². The molecule has 0 radical (unpaired) electrons. The van der Waals surface area contributed by atoms with Crippen molar-refractivity contribution in [3.8, 4) is 0 Å². The summed E-state index contributed by atoms with van der Waals surface area (Å²) in [5.74, 6) is 0. The predicted molar refractivity (Wildman–Crippen MR) is 84.9 cm³/mol. The van der Waals surface area contributed by atoms with Gasteiger partial charge in [-0.15, -0.1) is 0 Å². The Morgan fingerprint density at radius 1 is 1.11 bits per heavy atom. The third-order valence-electron chi connectivity index (χ3n) is 4.57. The molecule has 19 heavy (non-hydrogen) atoms. The van der Waals surface area contributed by atoms with E-state index in [1.165, 1.54) is 67.6 Å². The number of hydrogen-bond acceptors (Lipinski definition) is 2. The van der Waals surface area contributed by atoms with E-state index in [1.54, 1.807) is 0 Å². The average Bonchev–Trinajstić information content (AvgIpc) is 2.64. The topological polar surface area (TPSA) is 6.48 Å². The van der Waals surface area contributed by atoms with Crippen molar-refractivity contribution in [1.29, 1.82) is 0 Å². The molecule has 1 aromatic rings. The molecule has 0 spiro atoms. The van der Waals surface area contributed by atoms with Crippen LogP contribution in [0.2, 0.25) is 0 Å². The molecule has 0 saturated carbocycles. The largest absolute Gasteiger partial charge is 0.370 e. The third kappa shape index (κ3) is 2.97. The monoisotopic (exact) mass is 322 g/mol. The molecule has 0 N–H and O–H groups in total. The van der Waals surface area contributed by atoms with E-state index in [2.05, 4.69) is 50.9 Å². The SMILES string of the molecule is Cc1ccc(N2CCCN3CCCCC3C2)cc1Br. The Kier molecular flexibility index (Phi) is 4.13. The molecule has 0 aliphatic carbocycles. The lowest BCUT2D eigenvalue weighted by Crippen LogP contribution is -2.44.